The molecule has 26 heavy (non-hydrogen) atoms. The molecule has 1 unspecified atom stereocenters. The highest BCUT2D eigenvalue weighted by Crippen LogP contribution is 2.32. The summed E-state index contributed by atoms with van der Waals surface area (Å²) in [4.78, 5) is 23.7. The van der Waals surface area contributed by atoms with Crippen LogP contribution in [0.5, 0.6) is 0 Å². The third-order valence-corrected chi connectivity index (χ3v) is 5.34. The normalized spacial score (nSPS) is 16.7. The quantitative estimate of drug-likeness (QED) is 0.784. The Bertz CT molecular complexity index is 883. The van der Waals surface area contributed by atoms with E-state index in [0.29, 0.717) is 11.6 Å². The van der Waals surface area contributed by atoms with Gasteiger partial charge in [-0.1, -0.05) is 37.3 Å². The van der Waals surface area contributed by atoms with Crippen LogP contribution < -0.4 is 0 Å². The number of rotatable bonds is 4. The second-order valence-electron chi connectivity index (χ2n) is 6.84. The summed E-state index contributed by atoms with van der Waals surface area (Å²) in [5.41, 5.74) is 3.68. The third-order valence-electron chi connectivity index (χ3n) is 5.34. The maximum absolute atomic E-state index is 13.0. The van der Waals surface area contributed by atoms with Crippen LogP contribution in [0.3, 0.4) is 0 Å². The number of likely N-dealkylation sites (tertiary alicyclic amines) is 1. The minimum Gasteiger partial charge on any atom is -0.342 e. The Balaban J connectivity index is 1.45. The van der Waals surface area contributed by atoms with Gasteiger partial charge in [0.1, 0.15) is 5.52 Å². The van der Waals surface area contributed by atoms with Gasteiger partial charge in [0, 0.05) is 31.4 Å². The third kappa shape index (κ3) is 3.07. The molecule has 1 atom stereocenters. The summed E-state index contributed by atoms with van der Waals surface area (Å²) in [6.07, 6.45) is 6.02. The van der Waals surface area contributed by atoms with E-state index in [1.54, 1.807) is 12.4 Å². The molecule has 134 valence electrons. The monoisotopic (exact) mass is 349 g/mol. The van der Waals surface area contributed by atoms with Gasteiger partial charge in [-0.25, -0.2) is 9.97 Å². The van der Waals surface area contributed by atoms with Crippen molar-refractivity contribution in [3.63, 3.8) is 0 Å². The molecule has 1 N–H and O–H groups in total. The second kappa shape index (κ2) is 7.23. The van der Waals surface area contributed by atoms with E-state index in [4.69, 9.17) is 0 Å². The van der Waals surface area contributed by atoms with Gasteiger partial charge in [-0.2, -0.15) is 5.10 Å². The van der Waals surface area contributed by atoms with Crippen LogP contribution in [0.4, 0.5) is 0 Å². The van der Waals surface area contributed by atoms with Crippen molar-refractivity contribution in [1.82, 2.24) is 25.1 Å². The van der Waals surface area contributed by atoms with E-state index in [-0.39, 0.29) is 11.8 Å². The number of piperidine rings is 1. The largest absolute Gasteiger partial charge is 0.342 e. The first-order chi connectivity index (χ1) is 12.8. The molecule has 2 aromatic heterocycles. The summed E-state index contributed by atoms with van der Waals surface area (Å²) >= 11 is 0. The topological polar surface area (TPSA) is 74.8 Å². The predicted octanol–water partition coefficient (Wildman–Crippen LogP) is 3.25. The average Bonchev–Trinajstić information content (AvgIpc) is 3.13. The first-order valence-electron chi connectivity index (χ1n) is 9.26. The average molecular weight is 349 g/mol. The predicted molar refractivity (Wildman–Crippen MR) is 99.7 cm³/mol. The second-order valence-corrected chi connectivity index (χ2v) is 6.84. The number of nitrogens with one attached hydrogen (secondary N) is 1. The van der Waals surface area contributed by atoms with Crippen LogP contribution in [0.2, 0.25) is 0 Å². The number of aromatic nitrogens is 4. The lowest BCUT2D eigenvalue weighted by Gasteiger charge is -2.34. The molecular formula is C20H23N5O. The van der Waals surface area contributed by atoms with Crippen LogP contribution in [0, 0.1) is 0 Å². The lowest BCUT2D eigenvalue weighted by molar-refractivity contribution is -0.134. The minimum absolute atomic E-state index is 0.0494. The number of carbonyl (C=O) groups is 1. The molecule has 0 radical (unpaired) electrons. The van der Waals surface area contributed by atoms with Gasteiger partial charge in [0.05, 0.1) is 11.6 Å². The van der Waals surface area contributed by atoms with Gasteiger partial charge >= 0.3 is 0 Å². The standard InChI is InChI=1S/C20H23N5O/c1-2-16(14-6-4-3-5-7-14)20(26)25-12-8-15(9-13-25)17-18-19(24-23-17)22-11-10-21-18/h3-7,10-11,15-16H,2,8-9,12-13H2,1H3,(H,22,23,24). The maximum atomic E-state index is 13.0. The van der Waals surface area contributed by atoms with Crippen LogP contribution in [0.1, 0.15) is 49.3 Å². The number of fused-ring (bicyclic) bond motifs is 1. The van der Waals surface area contributed by atoms with E-state index in [0.717, 1.165) is 49.1 Å². The molecule has 6 heteroatoms. The molecule has 1 amide bonds. The summed E-state index contributed by atoms with van der Waals surface area (Å²) < 4.78 is 0. The highest BCUT2D eigenvalue weighted by molar-refractivity contribution is 5.84. The van der Waals surface area contributed by atoms with Crippen molar-refractivity contribution < 1.29 is 4.79 Å². The maximum Gasteiger partial charge on any atom is 0.230 e. The molecule has 1 aromatic carbocycles. The summed E-state index contributed by atoms with van der Waals surface area (Å²) in [5.74, 6) is 0.538. The van der Waals surface area contributed by atoms with Crippen molar-refractivity contribution >= 4 is 17.1 Å². The fourth-order valence-electron chi connectivity index (χ4n) is 3.90. The molecule has 1 aliphatic rings. The molecule has 6 nitrogen and oxygen atoms in total. The Morgan fingerprint density at radius 2 is 1.92 bits per heavy atom. The lowest BCUT2D eigenvalue weighted by atomic mass is 9.90. The Morgan fingerprint density at radius 3 is 2.65 bits per heavy atom. The minimum atomic E-state index is -0.0494. The fourth-order valence-corrected chi connectivity index (χ4v) is 3.90. The van der Waals surface area contributed by atoms with Gasteiger partial charge in [0.2, 0.25) is 5.91 Å². The van der Waals surface area contributed by atoms with E-state index in [9.17, 15) is 4.79 Å². The number of hydrogen-bond acceptors (Lipinski definition) is 4. The molecular weight excluding hydrogens is 326 g/mol. The molecule has 1 fully saturated rings. The molecule has 3 heterocycles. The van der Waals surface area contributed by atoms with Crippen LogP contribution in [0.25, 0.3) is 11.2 Å². The van der Waals surface area contributed by atoms with E-state index < -0.39 is 0 Å². The number of benzene rings is 1. The molecule has 1 saturated heterocycles. The SMILES string of the molecule is CCC(C(=O)N1CCC(c2[nH]nc3nccnc23)CC1)c1ccccc1. The molecule has 0 aliphatic carbocycles. The number of aromatic amines is 1. The van der Waals surface area contributed by atoms with E-state index in [2.05, 4.69) is 27.1 Å². The van der Waals surface area contributed by atoms with Crippen molar-refractivity contribution in [1.29, 1.82) is 0 Å². The van der Waals surface area contributed by atoms with Crippen LogP contribution in [0.15, 0.2) is 42.7 Å². The van der Waals surface area contributed by atoms with Crippen molar-refractivity contribution in [2.75, 3.05) is 13.1 Å². The first-order valence-corrected chi connectivity index (χ1v) is 9.26. The molecule has 0 spiro atoms. The van der Waals surface area contributed by atoms with Crippen LogP contribution in [-0.4, -0.2) is 44.1 Å². The van der Waals surface area contributed by atoms with Crippen LogP contribution in [-0.2, 0) is 4.79 Å². The van der Waals surface area contributed by atoms with Gasteiger partial charge in [-0.15, -0.1) is 0 Å². The van der Waals surface area contributed by atoms with Crippen molar-refractivity contribution in [3.8, 4) is 0 Å². The Morgan fingerprint density at radius 1 is 1.19 bits per heavy atom. The molecule has 0 saturated carbocycles. The van der Waals surface area contributed by atoms with E-state index in [1.165, 1.54) is 0 Å². The number of carbonyl (C=O) groups excluding carboxylic acids is 1. The Hall–Kier alpha value is -2.76. The number of amides is 1. The summed E-state index contributed by atoms with van der Waals surface area (Å²) in [5, 5.41) is 7.36. The molecule has 1 aliphatic heterocycles. The van der Waals surface area contributed by atoms with Crippen molar-refractivity contribution in [2.45, 2.75) is 38.0 Å². The van der Waals surface area contributed by atoms with Crippen molar-refractivity contribution in [3.05, 3.63) is 54.0 Å². The van der Waals surface area contributed by atoms with Crippen molar-refractivity contribution in [2.24, 2.45) is 0 Å². The molecule has 4 rings (SSSR count). The van der Waals surface area contributed by atoms with Gasteiger partial charge in [-0.3, -0.25) is 9.89 Å². The van der Waals surface area contributed by atoms with Gasteiger partial charge in [-0.05, 0) is 24.8 Å². The zero-order valence-electron chi connectivity index (χ0n) is 14.9. The molecule has 0 bridgehead atoms. The summed E-state index contributed by atoms with van der Waals surface area (Å²) in [6, 6.07) is 10.1. The van der Waals surface area contributed by atoms with E-state index in [1.807, 2.05) is 35.2 Å². The Labute approximate surface area is 152 Å². The lowest BCUT2D eigenvalue weighted by Crippen LogP contribution is -2.40. The zero-order valence-corrected chi connectivity index (χ0v) is 14.9. The number of H-pyrrole nitrogens is 1. The van der Waals surface area contributed by atoms with Gasteiger partial charge in [0.25, 0.3) is 0 Å². The van der Waals surface area contributed by atoms with Gasteiger partial charge < -0.3 is 4.90 Å². The zero-order chi connectivity index (χ0) is 17.9. The number of hydrogen-bond donors (Lipinski definition) is 1. The summed E-state index contributed by atoms with van der Waals surface area (Å²) in [6.45, 7) is 3.62. The fraction of sp³-hybridized carbons (Fsp3) is 0.400. The van der Waals surface area contributed by atoms with E-state index >= 15 is 0 Å². The van der Waals surface area contributed by atoms with Crippen LogP contribution >= 0.6 is 0 Å². The Kier molecular flexibility index (Phi) is 4.65. The smallest absolute Gasteiger partial charge is 0.230 e. The highest BCUT2D eigenvalue weighted by atomic mass is 16.2. The highest BCUT2D eigenvalue weighted by Gasteiger charge is 2.30. The first kappa shape index (κ1) is 16.7. The van der Waals surface area contributed by atoms with Gasteiger partial charge in [0.15, 0.2) is 5.65 Å². The molecule has 3 aromatic rings. The summed E-state index contributed by atoms with van der Waals surface area (Å²) in [7, 11) is 0. The number of nitrogens with zero attached hydrogens (tertiary/aromatic N) is 4.